The van der Waals surface area contributed by atoms with Gasteiger partial charge >= 0.3 is 0 Å². The van der Waals surface area contributed by atoms with Gasteiger partial charge < -0.3 is 19.8 Å². The molecule has 168 valence electrons. The second kappa shape index (κ2) is 11.2. The number of carbonyl (C=O) groups excluding carboxylic acids is 2. The van der Waals surface area contributed by atoms with Crippen molar-refractivity contribution >= 4 is 40.0 Å². The van der Waals surface area contributed by atoms with Crippen LogP contribution in [0, 0.1) is 0 Å². The average molecular weight is 458 g/mol. The Kier molecular flexibility index (Phi) is 8.11. The van der Waals surface area contributed by atoms with Crippen molar-refractivity contribution in [2.45, 2.75) is 6.54 Å². The van der Waals surface area contributed by atoms with E-state index in [1.807, 2.05) is 17.6 Å². The summed E-state index contributed by atoms with van der Waals surface area (Å²) in [5, 5.41) is 23.8. The molecule has 0 aliphatic carbocycles. The van der Waals surface area contributed by atoms with Crippen LogP contribution in [0.2, 0.25) is 0 Å². The fraction of sp³-hybridized carbons (Fsp3) is 0.190. The minimum atomic E-state index is -0.594. The zero-order valence-corrected chi connectivity index (χ0v) is 17.7. The Morgan fingerprint density at radius 1 is 1.03 bits per heavy atom. The summed E-state index contributed by atoms with van der Waals surface area (Å²) in [6.07, 6.45) is 0. The molecule has 0 saturated heterocycles. The highest BCUT2D eigenvalue weighted by Crippen LogP contribution is 2.25. The van der Waals surface area contributed by atoms with E-state index in [1.165, 1.54) is 0 Å². The number of nitrogens with one attached hydrogen (secondary N) is 4. The van der Waals surface area contributed by atoms with Crippen molar-refractivity contribution in [1.82, 2.24) is 21.6 Å². The topological polar surface area (TPSA) is 145 Å². The van der Waals surface area contributed by atoms with Crippen molar-refractivity contribution in [2.75, 3.05) is 19.7 Å². The molecule has 1 heterocycles. The summed E-state index contributed by atoms with van der Waals surface area (Å²) in [6, 6.07) is 14.0. The van der Waals surface area contributed by atoms with Gasteiger partial charge in [-0.3, -0.25) is 25.5 Å². The molecule has 1 aromatic heterocycles. The third kappa shape index (κ3) is 5.80. The van der Waals surface area contributed by atoms with Crippen molar-refractivity contribution in [1.29, 1.82) is 0 Å². The number of carbonyl (C=O) groups is 2. The molecule has 0 aliphatic heterocycles. The van der Waals surface area contributed by atoms with Crippen molar-refractivity contribution in [3.8, 4) is 5.75 Å². The quantitative estimate of drug-likeness (QED) is 0.115. The summed E-state index contributed by atoms with van der Waals surface area (Å²) >= 11 is 4.93. The summed E-state index contributed by atoms with van der Waals surface area (Å²) < 4.78 is 11.3. The molecule has 2 amide bonds. The molecule has 0 radical (unpaired) electrons. The highest BCUT2D eigenvalue weighted by Gasteiger charge is 2.20. The number of hydrogen-bond acceptors (Lipinski definition) is 8. The van der Waals surface area contributed by atoms with Gasteiger partial charge in [0.15, 0.2) is 5.76 Å². The van der Waals surface area contributed by atoms with Crippen molar-refractivity contribution in [2.24, 2.45) is 0 Å². The van der Waals surface area contributed by atoms with Crippen LogP contribution in [0.15, 0.2) is 52.9 Å². The Morgan fingerprint density at radius 3 is 2.50 bits per heavy atom. The highest BCUT2D eigenvalue weighted by molar-refractivity contribution is 7.80. The maximum Gasteiger partial charge on any atom is 0.287 e. The van der Waals surface area contributed by atoms with Crippen LogP contribution >= 0.6 is 12.2 Å². The number of rotatable bonds is 10. The Labute approximate surface area is 188 Å². The van der Waals surface area contributed by atoms with E-state index in [0.29, 0.717) is 22.5 Å². The molecule has 0 fully saturated rings. The fourth-order valence-corrected chi connectivity index (χ4v) is 3.12. The first-order valence-corrected chi connectivity index (χ1v) is 10.0. The van der Waals surface area contributed by atoms with Crippen molar-refractivity contribution < 1.29 is 29.2 Å². The Morgan fingerprint density at radius 2 is 1.78 bits per heavy atom. The van der Waals surface area contributed by atoms with Gasteiger partial charge in [-0.05, 0) is 30.3 Å². The van der Waals surface area contributed by atoms with E-state index in [1.54, 1.807) is 41.9 Å². The maximum absolute atomic E-state index is 12.7. The van der Waals surface area contributed by atoms with E-state index in [9.17, 15) is 9.59 Å². The Hall–Kier alpha value is -3.51. The Bertz CT molecular complexity index is 1100. The maximum atomic E-state index is 12.7. The van der Waals surface area contributed by atoms with Gasteiger partial charge in [0.1, 0.15) is 22.9 Å². The lowest BCUT2D eigenvalue weighted by Gasteiger charge is -2.09. The molecule has 3 rings (SSSR count). The van der Waals surface area contributed by atoms with Crippen molar-refractivity contribution in [3.63, 3.8) is 0 Å². The number of ether oxygens (including phenoxy) is 1. The number of para-hydroxylation sites is 1. The molecule has 11 heteroatoms. The predicted molar refractivity (Wildman–Crippen MR) is 119 cm³/mol. The molecule has 3 aromatic rings. The molecule has 0 atom stereocenters. The van der Waals surface area contributed by atoms with E-state index in [0.717, 1.165) is 5.39 Å². The fourth-order valence-electron chi connectivity index (χ4n) is 2.98. The number of hydroxylamine groups is 2. The second-order valence-electron chi connectivity index (χ2n) is 6.61. The molecule has 0 saturated carbocycles. The normalized spacial score (nSPS) is 10.6. The monoisotopic (exact) mass is 458 g/mol. The van der Waals surface area contributed by atoms with Crippen LogP contribution in [0.5, 0.6) is 5.75 Å². The number of furan rings is 1. The van der Waals surface area contributed by atoms with Crippen LogP contribution in [0.1, 0.15) is 21.7 Å². The summed E-state index contributed by atoms with van der Waals surface area (Å²) in [6.45, 7) is 0.523. The van der Waals surface area contributed by atoms with Gasteiger partial charge in [-0.2, -0.15) is 0 Å². The van der Waals surface area contributed by atoms with Crippen LogP contribution in [-0.4, -0.2) is 46.9 Å². The van der Waals surface area contributed by atoms with Gasteiger partial charge in [0.05, 0.1) is 13.1 Å². The van der Waals surface area contributed by atoms with Gasteiger partial charge in [-0.15, -0.1) is 0 Å². The zero-order chi connectivity index (χ0) is 22.9. The lowest BCUT2D eigenvalue weighted by Crippen LogP contribution is -2.32. The van der Waals surface area contributed by atoms with Gasteiger partial charge in [-0.1, -0.05) is 30.4 Å². The first kappa shape index (κ1) is 23.2. The van der Waals surface area contributed by atoms with E-state index >= 15 is 0 Å². The molecular formula is C21H22N4O6S. The van der Waals surface area contributed by atoms with Gasteiger partial charge in [-0.25, -0.2) is 5.48 Å². The molecule has 32 heavy (non-hydrogen) atoms. The second-order valence-corrected chi connectivity index (χ2v) is 7.02. The van der Waals surface area contributed by atoms with Crippen molar-refractivity contribution in [3.05, 3.63) is 65.4 Å². The van der Waals surface area contributed by atoms with Crippen LogP contribution in [0.25, 0.3) is 11.0 Å². The van der Waals surface area contributed by atoms with E-state index in [2.05, 4.69) is 10.6 Å². The summed E-state index contributed by atoms with van der Waals surface area (Å²) in [5.74, 6) is -0.289. The third-order valence-electron chi connectivity index (χ3n) is 4.49. The molecule has 10 nitrogen and oxygen atoms in total. The van der Waals surface area contributed by atoms with E-state index < -0.39 is 11.8 Å². The highest BCUT2D eigenvalue weighted by atomic mass is 32.1. The first-order valence-electron chi connectivity index (χ1n) is 9.63. The van der Waals surface area contributed by atoms with E-state index in [-0.39, 0.29) is 37.0 Å². The SMILES string of the molecule is O=C(CNCc1c(C(=O)NCCOc2ccc(C(=S)NO)cc2)oc2ccccc12)NO. The molecule has 0 unspecified atom stereocenters. The minimum Gasteiger partial charge on any atom is -0.492 e. The minimum absolute atomic E-state index is 0.122. The lowest BCUT2D eigenvalue weighted by molar-refractivity contribution is -0.128. The number of benzene rings is 2. The first-order chi connectivity index (χ1) is 15.5. The van der Waals surface area contributed by atoms with Crippen LogP contribution in [0.4, 0.5) is 0 Å². The Balaban J connectivity index is 1.58. The average Bonchev–Trinajstić information content (AvgIpc) is 3.20. The predicted octanol–water partition coefficient (Wildman–Crippen LogP) is 1.49. The molecule has 0 aliphatic rings. The van der Waals surface area contributed by atoms with Gasteiger partial charge in [0, 0.05) is 23.1 Å². The van der Waals surface area contributed by atoms with Crippen LogP contribution < -0.4 is 26.3 Å². The molecule has 0 spiro atoms. The standard InChI is InChI=1S/C21H22N4O6S/c26-18(24-28)12-22-11-16-15-3-1-2-4-17(15)31-19(16)20(27)23-9-10-30-14-7-5-13(6-8-14)21(32)25-29/h1-8,22,28-29H,9-12H2,(H,23,27)(H,24,26)(H,25,32). The van der Waals surface area contributed by atoms with Gasteiger partial charge in [0.25, 0.3) is 11.8 Å². The third-order valence-corrected chi connectivity index (χ3v) is 4.82. The number of thiocarbonyl (C=S) groups is 1. The van der Waals surface area contributed by atoms with Crippen LogP contribution in [0.3, 0.4) is 0 Å². The number of amides is 2. The summed E-state index contributed by atoms with van der Waals surface area (Å²) in [7, 11) is 0. The molecular weight excluding hydrogens is 436 g/mol. The largest absolute Gasteiger partial charge is 0.492 e. The zero-order valence-electron chi connectivity index (χ0n) is 16.9. The molecule has 0 bridgehead atoms. The molecule has 6 N–H and O–H groups in total. The number of fused-ring (bicyclic) bond motifs is 1. The summed E-state index contributed by atoms with van der Waals surface area (Å²) in [4.78, 5) is 24.1. The van der Waals surface area contributed by atoms with Gasteiger partial charge in [0.2, 0.25) is 0 Å². The smallest absolute Gasteiger partial charge is 0.287 e. The number of hydrogen-bond donors (Lipinski definition) is 6. The van der Waals surface area contributed by atoms with E-state index in [4.69, 9.17) is 31.8 Å². The summed E-state index contributed by atoms with van der Waals surface area (Å²) in [5.41, 5.74) is 5.25. The molecule has 2 aromatic carbocycles. The van der Waals surface area contributed by atoms with Crippen LogP contribution in [-0.2, 0) is 11.3 Å². The lowest BCUT2D eigenvalue weighted by atomic mass is 10.1.